The number of rotatable bonds is 5. The Balaban J connectivity index is 2.14. The van der Waals surface area contributed by atoms with Crippen LogP contribution in [0.5, 0.6) is 5.75 Å². The van der Waals surface area contributed by atoms with E-state index in [1.807, 2.05) is 0 Å². The summed E-state index contributed by atoms with van der Waals surface area (Å²) in [6.07, 6.45) is 9.03. The van der Waals surface area contributed by atoms with E-state index in [9.17, 15) is 9.90 Å². The van der Waals surface area contributed by atoms with Crippen LogP contribution < -0.4 is 5.56 Å². The third kappa shape index (κ3) is 3.91. The van der Waals surface area contributed by atoms with Gasteiger partial charge < -0.3 is 9.67 Å². The zero-order chi connectivity index (χ0) is 18.7. The Morgan fingerprint density at radius 2 is 1.92 bits per heavy atom. The highest BCUT2D eigenvalue weighted by molar-refractivity contribution is 6.42. The maximum atomic E-state index is 13.0. The highest BCUT2D eigenvalue weighted by Gasteiger charge is 2.18. The number of aryl methyl sites for hydroxylation is 1. The molecule has 140 valence electrons. The number of nitrogens with zero attached hydrogens (tertiary/aromatic N) is 2. The summed E-state index contributed by atoms with van der Waals surface area (Å²) in [7, 11) is 0. The lowest BCUT2D eigenvalue weighted by Crippen LogP contribution is -2.25. The first-order chi connectivity index (χ1) is 12.5. The molecule has 1 saturated carbocycles. The summed E-state index contributed by atoms with van der Waals surface area (Å²) in [5.41, 5.74) is 0.601. The third-order valence-electron chi connectivity index (χ3n) is 5.04. The van der Waals surface area contributed by atoms with Crippen LogP contribution >= 0.6 is 23.2 Å². The predicted molar refractivity (Wildman–Crippen MR) is 109 cm³/mol. The summed E-state index contributed by atoms with van der Waals surface area (Å²) in [4.78, 5) is 17.6. The number of benzene rings is 1. The molecule has 0 radical (unpaired) electrons. The van der Waals surface area contributed by atoms with Crippen molar-refractivity contribution < 1.29 is 5.11 Å². The van der Waals surface area contributed by atoms with Gasteiger partial charge in [0.25, 0.3) is 5.56 Å². The van der Waals surface area contributed by atoms with Crippen LogP contribution in [0, 0.1) is 0 Å². The van der Waals surface area contributed by atoms with Crippen molar-refractivity contribution in [3.8, 4) is 5.75 Å². The number of aromatic nitrogens is 1. The Morgan fingerprint density at radius 1 is 1.23 bits per heavy atom. The van der Waals surface area contributed by atoms with Crippen LogP contribution in [0.25, 0.3) is 10.9 Å². The standard InChI is InChI=1S/C20H24Cl2N2O2/c1-2-3-9-24-18-11-17(22)16(21)10-14(18)19(25)15(20(24)26)12-23-13-7-5-4-6-8-13/h10-13,25H,2-9H2,1H3. The van der Waals surface area contributed by atoms with Crippen molar-refractivity contribution in [2.75, 3.05) is 0 Å². The van der Waals surface area contributed by atoms with Crippen molar-refractivity contribution in [3.05, 3.63) is 38.1 Å². The van der Waals surface area contributed by atoms with Crippen molar-refractivity contribution >= 4 is 40.3 Å². The van der Waals surface area contributed by atoms with Crippen molar-refractivity contribution in [2.45, 2.75) is 64.5 Å². The second-order valence-corrected chi connectivity index (χ2v) is 7.74. The highest BCUT2D eigenvalue weighted by atomic mass is 35.5. The van der Waals surface area contributed by atoms with Gasteiger partial charge >= 0.3 is 0 Å². The summed E-state index contributed by atoms with van der Waals surface area (Å²) in [6, 6.07) is 3.50. The van der Waals surface area contributed by atoms with Crippen LogP contribution in [-0.4, -0.2) is 21.9 Å². The molecule has 4 nitrogen and oxygen atoms in total. The maximum absolute atomic E-state index is 13.0. The number of fused-ring (bicyclic) bond motifs is 1. The van der Waals surface area contributed by atoms with Gasteiger partial charge in [0, 0.05) is 24.2 Å². The van der Waals surface area contributed by atoms with E-state index in [0.717, 1.165) is 25.7 Å². The number of aromatic hydroxyl groups is 1. The van der Waals surface area contributed by atoms with Crippen molar-refractivity contribution in [3.63, 3.8) is 0 Å². The molecule has 1 heterocycles. The lowest BCUT2D eigenvalue weighted by molar-refractivity contribution is 0.444. The molecule has 1 N–H and O–H groups in total. The van der Waals surface area contributed by atoms with Crippen molar-refractivity contribution in [2.24, 2.45) is 4.99 Å². The fraction of sp³-hybridized carbons (Fsp3) is 0.500. The van der Waals surface area contributed by atoms with Crippen LogP contribution in [0.15, 0.2) is 21.9 Å². The zero-order valence-corrected chi connectivity index (χ0v) is 16.5. The number of halogens is 2. The molecule has 26 heavy (non-hydrogen) atoms. The molecule has 2 aromatic rings. The van der Waals surface area contributed by atoms with E-state index < -0.39 is 0 Å². The van der Waals surface area contributed by atoms with E-state index in [0.29, 0.717) is 27.5 Å². The summed E-state index contributed by atoms with van der Waals surface area (Å²) in [5, 5.41) is 12.0. The van der Waals surface area contributed by atoms with Crippen molar-refractivity contribution in [1.82, 2.24) is 4.57 Å². The first-order valence-electron chi connectivity index (χ1n) is 9.30. The summed E-state index contributed by atoms with van der Waals surface area (Å²) in [6.45, 7) is 2.64. The minimum atomic E-state index is -0.235. The van der Waals surface area contributed by atoms with Crippen LogP contribution in [0.4, 0.5) is 0 Å². The highest BCUT2D eigenvalue weighted by Crippen LogP contribution is 2.33. The maximum Gasteiger partial charge on any atom is 0.263 e. The number of unbranched alkanes of at least 4 members (excludes halogenated alkanes) is 1. The van der Waals surface area contributed by atoms with Gasteiger partial charge in [-0.25, -0.2) is 0 Å². The number of aliphatic imine (C=N–C) groups is 1. The Kier molecular flexibility index (Phi) is 6.25. The van der Waals surface area contributed by atoms with Gasteiger partial charge in [0.15, 0.2) is 0 Å². The van der Waals surface area contributed by atoms with Gasteiger partial charge in [-0.15, -0.1) is 0 Å². The van der Waals surface area contributed by atoms with Gasteiger partial charge in [-0.3, -0.25) is 9.79 Å². The SMILES string of the molecule is CCCCn1c(=O)c(C=NC2CCCCC2)c(O)c2cc(Cl)c(Cl)cc21. The van der Waals surface area contributed by atoms with Gasteiger partial charge in [0.2, 0.25) is 0 Å². The fourth-order valence-corrected chi connectivity index (χ4v) is 3.84. The van der Waals surface area contributed by atoms with E-state index in [2.05, 4.69) is 11.9 Å². The Labute approximate surface area is 163 Å². The minimum Gasteiger partial charge on any atom is -0.506 e. The second-order valence-electron chi connectivity index (χ2n) is 6.93. The Morgan fingerprint density at radius 3 is 2.62 bits per heavy atom. The third-order valence-corrected chi connectivity index (χ3v) is 5.76. The molecule has 1 aromatic carbocycles. The molecular weight excluding hydrogens is 371 g/mol. The van der Waals surface area contributed by atoms with Crippen molar-refractivity contribution in [1.29, 1.82) is 0 Å². The molecule has 0 spiro atoms. The zero-order valence-electron chi connectivity index (χ0n) is 15.0. The number of pyridine rings is 1. The smallest absolute Gasteiger partial charge is 0.263 e. The molecule has 1 aliphatic carbocycles. The largest absolute Gasteiger partial charge is 0.506 e. The normalized spacial score (nSPS) is 16.0. The van der Waals surface area contributed by atoms with Gasteiger partial charge in [-0.2, -0.15) is 0 Å². The average molecular weight is 395 g/mol. The molecule has 6 heteroatoms. The predicted octanol–water partition coefficient (Wildman–Crippen LogP) is 5.57. The molecule has 0 atom stereocenters. The van der Waals surface area contributed by atoms with Crippen LogP contribution in [-0.2, 0) is 6.54 Å². The lowest BCUT2D eigenvalue weighted by atomic mass is 9.96. The molecule has 1 aromatic heterocycles. The van der Waals surface area contributed by atoms with E-state index in [1.54, 1.807) is 22.9 Å². The number of hydrogen-bond donors (Lipinski definition) is 1. The molecule has 0 bridgehead atoms. The molecule has 1 aliphatic rings. The Bertz CT molecular complexity index is 884. The van der Waals surface area contributed by atoms with E-state index in [-0.39, 0.29) is 22.9 Å². The molecular formula is C20H24Cl2N2O2. The van der Waals surface area contributed by atoms with Gasteiger partial charge in [-0.1, -0.05) is 55.8 Å². The summed E-state index contributed by atoms with van der Waals surface area (Å²) in [5.74, 6) is -0.0733. The van der Waals surface area contributed by atoms with E-state index in [4.69, 9.17) is 23.2 Å². The van der Waals surface area contributed by atoms with Crippen LogP contribution in [0.1, 0.15) is 57.4 Å². The minimum absolute atomic E-state index is 0.0733. The molecule has 1 fully saturated rings. The van der Waals surface area contributed by atoms with Gasteiger partial charge in [0.1, 0.15) is 11.3 Å². The van der Waals surface area contributed by atoms with Crippen LogP contribution in [0.3, 0.4) is 0 Å². The van der Waals surface area contributed by atoms with Gasteiger partial charge in [-0.05, 0) is 31.4 Å². The quantitative estimate of drug-likeness (QED) is 0.674. The Hall–Kier alpha value is -1.52. The van der Waals surface area contributed by atoms with Gasteiger partial charge in [0.05, 0.1) is 15.6 Å². The van der Waals surface area contributed by atoms with Crippen LogP contribution in [0.2, 0.25) is 10.0 Å². The fourth-order valence-electron chi connectivity index (χ4n) is 3.52. The van der Waals surface area contributed by atoms with E-state index >= 15 is 0 Å². The first-order valence-corrected chi connectivity index (χ1v) is 10.1. The molecule has 0 aliphatic heterocycles. The molecule has 0 unspecified atom stereocenters. The van der Waals surface area contributed by atoms with E-state index in [1.165, 1.54) is 19.3 Å². The molecule has 3 rings (SSSR count). The lowest BCUT2D eigenvalue weighted by Gasteiger charge is -2.18. The molecule has 0 amide bonds. The topological polar surface area (TPSA) is 54.6 Å². The summed E-state index contributed by atoms with van der Waals surface area (Å²) >= 11 is 12.3. The molecule has 0 saturated heterocycles. The number of hydrogen-bond acceptors (Lipinski definition) is 3. The second kappa shape index (κ2) is 8.45. The average Bonchev–Trinajstić information content (AvgIpc) is 2.64. The summed E-state index contributed by atoms with van der Waals surface area (Å²) < 4.78 is 1.67. The monoisotopic (exact) mass is 394 g/mol. The first kappa shape index (κ1) is 19.2.